The molecule has 0 unspecified atom stereocenters. The molecule has 0 radical (unpaired) electrons. The number of likely N-dealkylation sites (N-methyl/N-ethyl adjacent to an activating group) is 1. The van der Waals surface area contributed by atoms with E-state index in [9.17, 15) is 4.79 Å². The van der Waals surface area contributed by atoms with E-state index in [1.54, 1.807) is 11.3 Å². The minimum Gasteiger partial charge on any atom is -0.484 e. The van der Waals surface area contributed by atoms with E-state index in [1.807, 2.05) is 47.4 Å². The highest BCUT2D eigenvalue weighted by Crippen LogP contribution is 2.45. The van der Waals surface area contributed by atoms with Crippen LogP contribution >= 0.6 is 11.3 Å². The Morgan fingerprint density at radius 3 is 2.76 bits per heavy atom. The Morgan fingerprint density at radius 2 is 1.94 bits per heavy atom. The largest absolute Gasteiger partial charge is 0.484 e. The molecule has 3 aromatic carbocycles. The number of nitrogens with zero attached hydrogens (tertiary/aromatic N) is 3. The number of likely N-dealkylation sites (tertiary alicyclic amines) is 1. The maximum Gasteiger partial charge on any atom is 0.265 e. The maximum absolute atomic E-state index is 13.4. The van der Waals surface area contributed by atoms with E-state index in [1.165, 1.54) is 15.8 Å². The summed E-state index contributed by atoms with van der Waals surface area (Å²) in [6.07, 6.45) is 0.984. The molecular weight excluding hydrogens is 442 g/mol. The van der Waals surface area contributed by atoms with E-state index in [-0.39, 0.29) is 18.6 Å². The van der Waals surface area contributed by atoms with Crippen LogP contribution in [-0.4, -0.2) is 48.6 Å². The zero-order valence-electron chi connectivity index (χ0n) is 19.4. The number of para-hydroxylation sites is 1. The van der Waals surface area contributed by atoms with Crippen molar-refractivity contribution < 1.29 is 9.53 Å². The number of thiazole rings is 1. The van der Waals surface area contributed by atoms with Gasteiger partial charge in [-0.15, -0.1) is 11.3 Å². The summed E-state index contributed by atoms with van der Waals surface area (Å²) < 4.78 is 7.13. The fraction of sp³-hybridized carbons (Fsp3) is 0.286. The second kappa shape index (κ2) is 8.53. The molecule has 0 saturated carbocycles. The van der Waals surface area contributed by atoms with Crippen molar-refractivity contribution >= 4 is 33.1 Å². The molecule has 1 saturated heterocycles. The topological polar surface area (TPSA) is 45.7 Å². The number of rotatable bonds is 4. The Labute approximate surface area is 203 Å². The number of ether oxygens (including phenoxy) is 1. The first-order valence-corrected chi connectivity index (χ1v) is 12.6. The summed E-state index contributed by atoms with van der Waals surface area (Å²) in [5.41, 5.74) is 5.66. The number of aryl methyl sites for hydroxylation is 1. The van der Waals surface area contributed by atoms with Gasteiger partial charge in [0.1, 0.15) is 10.8 Å². The molecule has 0 bridgehead atoms. The summed E-state index contributed by atoms with van der Waals surface area (Å²) in [5, 5.41) is 0.987. The van der Waals surface area contributed by atoms with Crippen molar-refractivity contribution in [3.8, 4) is 16.3 Å². The van der Waals surface area contributed by atoms with Crippen LogP contribution in [0, 0.1) is 6.92 Å². The highest BCUT2D eigenvalue weighted by Gasteiger charge is 2.43. The molecule has 2 aliphatic rings. The summed E-state index contributed by atoms with van der Waals surface area (Å²) in [4.78, 5) is 22.5. The van der Waals surface area contributed by atoms with Crippen LogP contribution in [0.3, 0.4) is 0 Å². The molecule has 1 amide bonds. The number of amides is 1. The number of aromatic nitrogens is 1. The monoisotopic (exact) mass is 469 g/mol. The van der Waals surface area contributed by atoms with Gasteiger partial charge in [-0.1, -0.05) is 29.8 Å². The third-order valence-corrected chi connectivity index (χ3v) is 8.06. The van der Waals surface area contributed by atoms with E-state index < -0.39 is 0 Å². The smallest absolute Gasteiger partial charge is 0.265 e. The normalized spacial score (nSPS) is 19.8. The van der Waals surface area contributed by atoms with Crippen molar-refractivity contribution in [1.82, 2.24) is 9.88 Å². The first-order valence-electron chi connectivity index (χ1n) is 11.8. The zero-order valence-corrected chi connectivity index (χ0v) is 20.2. The lowest BCUT2D eigenvalue weighted by Gasteiger charge is -2.36. The van der Waals surface area contributed by atoms with Crippen LogP contribution in [0.2, 0.25) is 0 Å². The van der Waals surface area contributed by atoms with Gasteiger partial charge >= 0.3 is 0 Å². The average molecular weight is 470 g/mol. The molecule has 5 nitrogen and oxygen atoms in total. The quantitative estimate of drug-likeness (QED) is 0.397. The average Bonchev–Trinajstić information content (AvgIpc) is 3.42. The Morgan fingerprint density at radius 1 is 1.12 bits per heavy atom. The summed E-state index contributed by atoms with van der Waals surface area (Å²) in [7, 11) is 2.16. The third kappa shape index (κ3) is 3.77. The molecule has 6 heteroatoms. The van der Waals surface area contributed by atoms with Crippen LogP contribution in [0.1, 0.15) is 23.5 Å². The molecule has 6 rings (SSSR count). The number of carbonyl (C=O) groups is 1. The Bertz CT molecular complexity index is 1330. The fourth-order valence-electron chi connectivity index (χ4n) is 5.31. The van der Waals surface area contributed by atoms with E-state index in [0.29, 0.717) is 11.7 Å². The van der Waals surface area contributed by atoms with Gasteiger partial charge in [-0.3, -0.25) is 4.79 Å². The number of hydrogen-bond acceptors (Lipinski definition) is 5. The first-order chi connectivity index (χ1) is 16.6. The van der Waals surface area contributed by atoms with Crippen LogP contribution in [-0.2, 0) is 4.79 Å². The van der Waals surface area contributed by atoms with Crippen molar-refractivity contribution in [3.63, 3.8) is 0 Å². The summed E-state index contributed by atoms with van der Waals surface area (Å²) in [6, 6.07) is 22.7. The zero-order chi connectivity index (χ0) is 23.2. The Kier molecular flexibility index (Phi) is 5.35. The summed E-state index contributed by atoms with van der Waals surface area (Å²) >= 11 is 1.68. The number of fused-ring (bicyclic) bond motifs is 4. The van der Waals surface area contributed by atoms with Gasteiger partial charge < -0.3 is 14.5 Å². The standard InChI is InChI=1S/C28H27N3O2S/c1-18-7-12-24-21(15-18)22-16-30(2)14-13-25(22)31(24)27(32)17-33-20-10-8-19(9-11-20)28-29-23-5-3-4-6-26(23)34-28/h3-12,15,22,25H,13-14,16-17H2,1-2H3/t22-,25+/m0/s1. The highest BCUT2D eigenvalue weighted by atomic mass is 32.1. The number of benzene rings is 3. The van der Waals surface area contributed by atoms with Crippen LogP contribution in [0.25, 0.3) is 20.8 Å². The minimum absolute atomic E-state index is 0.0254. The lowest BCUT2D eigenvalue weighted by Crippen LogP contribution is -2.48. The molecule has 0 spiro atoms. The maximum atomic E-state index is 13.4. The first kappa shape index (κ1) is 21.3. The van der Waals surface area contributed by atoms with Crippen molar-refractivity contribution in [2.45, 2.75) is 25.3 Å². The molecule has 0 N–H and O–H groups in total. The Balaban J connectivity index is 1.18. The molecule has 0 aliphatic carbocycles. The molecule has 34 heavy (non-hydrogen) atoms. The summed E-state index contributed by atoms with van der Waals surface area (Å²) in [5.74, 6) is 1.09. The van der Waals surface area contributed by atoms with Gasteiger partial charge in [0, 0.05) is 29.8 Å². The lowest BCUT2D eigenvalue weighted by atomic mass is 9.89. The van der Waals surface area contributed by atoms with Crippen molar-refractivity contribution in [1.29, 1.82) is 0 Å². The van der Waals surface area contributed by atoms with Gasteiger partial charge in [-0.25, -0.2) is 4.98 Å². The van der Waals surface area contributed by atoms with Crippen LogP contribution in [0.4, 0.5) is 5.69 Å². The third-order valence-electron chi connectivity index (χ3n) is 6.98. The predicted octanol–water partition coefficient (Wildman–Crippen LogP) is 5.49. The van der Waals surface area contributed by atoms with E-state index in [2.05, 4.69) is 43.1 Å². The minimum atomic E-state index is 0.0254. The molecule has 2 atom stereocenters. The van der Waals surface area contributed by atoms with E-state index >= 15 is 0 Å². The van der Waals surface area contributed by atoms with Gasteiger partial charge in [0.2, 0.25) is 0 Å². The molecule has 1 aromatic heterocycles. The Hall–Kier alpha value is -3.22. The van der Waals surface area contributed by atoms with Crippen molar-refractivity contribution in [3.05, 3.63) is 77.9 Å². The van der Waals surface area contributed by atoms with Gasteiger partial charge in [-0.05, 0) is 75.0 Å². The van der Waals surface area contributed by atoms with Crippen LogP contribution in [0.15, 0.2) is 66.7 Å². The van der Waals surface area contributed by atoms with E-state index in [4.69, 9.17) is 9.72 Å². The number of hydrogen-bond donors (Lipinski definition) is 0. The SMILES string of the molecule is Cc1ccc2c(c1)[C@@H]1CN(C)CC[C@H]1N2C(=O)COc1ccc(-c2nc3ccccc3s2)cc1. The van der Waals surface area contributed by atoms with Gasteiger partial charge in [0.05, 0.1) is 10.2 Å². The van der Waals surface area contributed by atoms with Crippen molar-refractivity contribution in [2.24, 2.45) is 0 Å². The van der Waals surface area contributed by atoms with Crippen LogP contribution in [0.5, 0.6) is 5.75 Å². The van der Waals surface area contributed by atoms with Crippen LogP contribution < -0.4 is 9.64 Å². The second-order valence-electron chi connectivity index (χ2n) is 9.35. The molecule has 172 valence electrons. The molecule has 3 heterocycles. The fourth-order valence-corrected chi connectivity index (χ4v) is 6.28. The number of anilines is 1. The molecule has 4 aromatic rings. The molecule has 1 fully saturated rings. The van der Waals surface area contributed by atoms with Crippen molar-refractivity contribution in [2.75, 3.05) is 31.6 Å². The second-order valence-corrected chi connectivity index (χ2v) is 10.4. The highest BCUT2D eigenvalue weighted by molar-refractivity contribution is 7.21. The molecular formula is C28H27N3O2S. The van der Waals surface area contributed by atoms with Gasteiger partial charge in [0.15, 0.2) is 6.61 Å². The number of carbonyl (C=O) groups excluding carboxylic acids is 1. The number of piperidine rings is 1. The summed E-state index contributed by atoms with van der Waals surface area (Å²) in [6.45, 7) is 4.14. The van der Waals surface area contributed by atoms with Gasteiger partial charge in [-0.2, -0.15) is 0 Å². The van der Waals surface area contributed by atoms with E-state index in [0.717, 1.165) is 41.3 Å². The molecule has 2 aliphatic heterocycles. The van der Waals surface area contributed by atoms with Gasteiger partial charge in [0.25, 0.3) is 5.91 Å². The lowest BCUT2D eigenvalue weighted by molar-refractivity contribution is -0.121. The predicted molar refractivity (Wildman–Crippen MR) is 138 cm³/mol.